The number of benzene rings is 2. The molecule has 1 aromatic heterocycles. The summed E-state index contributed by atoms with van der Waals surface area (Å²) in [7, 11) is -3.80. The smallest absolute Gasteiger partial charge is 0.279 e. The third kappa shape index (κ3) is 4.82. The van der Waals surface area contributed by atoms with Crippen LogP contribution in [0.2, 0.25) is 0 Å². The minimum Gasteiger partial charge on any atom is -0.279 e. The third-order valence-electron chi connectivity index (χ3n) is 4.31. The molecule has 0 saturated heterocycles. The standard InChI is InChI=1S/C20H19N3O4S2/c1-13-5-3-6-17(14(13)2)23-29(26,27)16-10-8-15(9-11-16)19(24)21-22-20(25)18-7-4-12-28-18/h3-12,23H,1-2H3,(H,21,24)(H,22,25). The van der Waals surface area contributed by atoms with Crippen LogP contribution in [-0.2, 0) is 10.0 Å². The van der Waals surface area contributed by atoms with Crippen LogP contribution in [0.5, 0.6) is 0 Å². The van der Waals surface area contributed by atoms with E-state index in [0.717, 1.165) is 11.1 Å². The first-order valence-corrected chi connectivity index (χ1v) is 11.0. The zero-order chi connectivity index (χ0) is 21.0. The zero-order valence-corrected chi connectivity index (χ0v) is 17.4. The van der Waals surface area contributed by atoms with Gasteiger partial charge in [-0.25, -0.2) is 8.42 Å². The predicted molar refractivity (Wildman–Crippen MR) is 112 cm³/mol. The number of carbonyl (C=O) groups is 2. The molecule has 150 valence electrons. The number of aryl methyl sites for hydroxylation is 1. The SMILES string of the molecule is Cc1cccc(NS(=O)(=O)c2ccc(C(=O)NNC(=O)c3cccs3)cc2)c1C. The highest BCUT2D eigenvalue weighted by Gasteiger charge is 2.17. The van der Waals surface area contributed by atoms with E-state index in [0.29, 0.717) is 10.6 Å². The lowest BCUT2D eigenvalue weighted by Gasteiger charge is -2.12. The van der Waals surface area contributed by atoms with Crippen molar-refractivity contribution in [1.29, 1.82) is 0 Å². The molecule has 9 heteroatoms. The number of hydrogen-bond donors (Lipinski definition) is 3. The summed E-state index contributed by atoms with van der Waals surface area (Å²) < 4.78 is 27.8. The van der Waals surface area contributed by atoms with Gasteiger partial charge in [-0.2, -0.15) is 0 Å². The van der Waals surface area contributed by atoms with Crippen molar-refractivity contribution < 1.29 is 18.0 Å². The highest BCUT2D eigenvalue weighted by Crippen LogP contribution is 2.22. The number of rotatable bonds is 5. The van der Waals surface area contributed by atoms with E-state index in [4.69, 9.17) is 0 Å². The van der Waals surface area contributed by atoms with Crippen LogP contribution in [0.1, 0.15) is 31.2 Å². The Hall–Kier alpha value is -3.17. The Morgan fingerprint density at radius 2 is 1.55 bits per heavy atom. The highest BCUT2D eigenvalue weighted by molar-refractivity contribution is 7.92. The summed E-state index contributed by atoms with van der Waals surface area (Å²) in [5.74, 6) is -0.980. The van der Waals surface area contributed by atoms with E-state index in [1.54, 1.807) is 29.6 Å². The van der Waals surface area contributed by atoms with Crippen molar-refractivity contribution in [3.05, 3.63) is 81.5 Å². The lowest BCUT2D eigenvalue weighted by atomic mass is 10.1. The zero-order valence-electron chi connectivity index (χ0n) is 15.7. The van der Waals surface area contributed by atoms with Gasteiger partial charge in [0, 0.05) is 5.56 Å². The maximum atomic E-state index is 12.6. The number of carbonyl (C=O) groups excluding carboxylic acids is 2. The fourth-order valence-electron chi connectivity index (χ4n) is 2.51. The molecule has 0 bridgehead atoms. The van der Waals surface area contributed by atoms with Crippen LogP contribution >= 0.6 is 11.3 Å². The van der Waals surface area contributed by atoms with Crippen LogP contribution in [0.4, 0.5) is 5.69 Å². The number of thiophene rings is 1. The average molecular weight is 430 g/mol. The molecule has 0 aliphatic rings. The molecule has 3 rings (SSSR count). The molecule has 3 aromatic rings. The Morgan fingerprint density at radius 3 is 2.21 bits per heavy atom. The molecule has 0 spiro atoms. The van der Waals surface area contributed by atoms with Crippen LogP contribution in [0.25, 0.3) is 0 Å². The first-order valence-electron chi connectivity index (χ1n) is 8.61. The quantitative estimate of drug-likeness (QED) is 0.542. The van der Waals surface area contributed by atoms with Gasteiger partial charge in [0.25, 0.3) is 21.8 Å². The summed E-state index contributed by atoms with van der Waals surface area (Å²) in [5, 5.41) is 1.75. The van der Waals surface area contributed by atoms with E-state index in [1.807, 2.05) is 19.9 Å². The average Bonchev–Trinajstić information content (AvgIpc) is 3.24. The molecule has 29 heavy (non-hydrogen) atoms. The van der Waals surface area contributed by atoms with Gasteiger partial charge in [0.15, 0.2) is 0 Å². The number of sulfonamides is 1. The minimum absolute atomic E-state index is 0.0255. The third-order valence-corrected chi connectivity index (χ3v) is 6.56. The van der Waals surface area contributed by atoms with Crippen molar-refractivity contribution in [1.82, 2.24) is 10.9 Å². The minimum atomic E-state index is -3.80. The molecular formula is C20H19N3O4S2. The molecule has 7 nitrogen and oxygen atoms in total. The van der Waals surface area contributed by atoms with E-state index in [1.165, 1.54) is 35.6 Å². The van der Waals surface area contributed by atoms with Crippen molar-refractivity contribution in [2.24, 2.45) is 0 Å². The summed E-state index contributed by atoms with van der Waals surface area (Å²) in [5.41, 5.74) is 7.14. The van der Waals surface area contributed by atoms with Crippen molar-refractivity contribution in [2.45, 2.75) is 18.7 Å². The van der Waals surface area contributed by atoms with Crippen molar-refractivity contribution in [3.63, 3.8) is 0 Å². The molecule has 0 aliphatic carbocycles. The number of hydrazine groups is 1. The number of hydrogen-bond acceptors (Lipinski definition) is 5. The maximum absolute atomic E-state index is 12.6. The maximum Gasteiger partial charge on any atom is 0.279 e. The van der Waals surface area contributed by atoms with E-state index in [-0.39, 0.29) is 10.5 Å². The second-order valence-electron chi connectivity index (χ2n) is 6.26. The predicted octanol–water partition coefficient (Wildman–Crippen LogP) is 3.24. The Bertz CT molecular complexity index is 1140. The van der Waals surface area contributed by atoms with Crippen LogP contribution in [0.3, 0.4) is 0 Å². The number of nitrogens with one attached hydrogen (secondary N) is 3. The fraction of sp³-hybridized carbons (Fsp3) is 0.100. The lowest BCUT2D eigenvalue weighted by Crippen LogP contribution is -2.41. The highest BCUT2D eigenvalue weighted by atomic mass is 32.2. The van der Waals surface area contributed by atoms with E-state index >= 15 is 0 Å². The van der Waals surface area contributed by atoms with E-state index in [9.17, 15) is 18.0 Å². The second-order valence-corrected chi connectivity index (χ2v) is 8.89. The molecule has 1 heterocycles. The van der Waals surface area contributed by atoms with Crippen LogP contribution in [0.15, 0.2) is 64.9 Å². The van der Waals surface area contributed by atoms with Crippen molar-refractivity contribution in [2.75, 3.05) is 4.72 Å². The molecule has 0 aliphatic heterocycles. The van der Waals surface area contributed by atoms with Crippen LogP contribution in [0, 0.1) is 13.8 Å². The van der Waals surface area contributed by atoms with E-state index in [2.05, 4.69) is 15.6 Å². The van der Waals surface area contributed by atoms with Crippen LogP contribution in [-0.4, -0.2) is 20.2 Å². The molecule has 0 atom stereocenters. The largest absolute Gasteiger partial charge is 0.279 e. The number of amides is 2. The van der Waals surface area contributed by atoms with Gasteiger partial charge < -0.3 is 0 Å². The molecule has 0 unspecified atom stereocenters. The van der Waals surface area contributed by atoms with Gasteiger partial charge in [-0.3, -0.25) is 25.2 Å². The second kappa shape index (κ2) is 8.46. The van der Waals surface area contributed by atoms with Gasteiger partial charge in [-0.15, -0.1) is 11.3 Å². The fourth-order valence-corrected chi connectivity index (χ4v) is 4.25. The monoisotopic (exact) mass is 429 g/mol. The lowest BCUT2D eigenvalue weighted by molar-refractivity contribution is 0.0849. The Balaban J connectivity index is 1.67. The van der Waals surface area contributed by atoms with Gasteiger partial charge in [0.2, 0.25) is 0 Å². The van der Waals surface area contributed by atoms with Gasteiger partial charge in [-0.1, -0.05) is 18.2 Å². The first-order chi connectivity index (χ1) is 13.8. The van der Waals surface area contributed by atoms with E-state index < -0.39 is 21.8 Å². The molecule has 0 saturated carbocycles. The summed E-state index contributed by atoms with van der Waals surface area (Å²) in [6, 6.07) is 14.2. The van der Waals surface area contributed by atoms with Gasteiger partial charge >= 0.3 is 0 Å². The molecular weight excluding hydrogens is 410 g/mol. The summed E-state index contributed by atoms with van der Waals surface area (Å²) >= 11 is 1.25. The Morgan fingerprint density at radius 1 is 0.862 bits per heavy atom. The van der Waals surface area contributed by atoms with Crippen LogP contribution < -0.4 is 15.6 Å². The topological polar surface area (TPSA) is 104 Å². The van der Waals surface area contributed by atoms with Gasteiger partial charge in [-0.05, 0) is 66.8 Å². The van der Waals surface area contributed by atoms with Crippen molar-refractivity contribution in [3.8, 4) is 0 Å². The summed E-state index contributed by atoms with van der Waals surface area (Å²) in [6.45, 7) is 3.74. The molecule has 2 amide bonds. The molecule has 0 radical (unpaired) electrons. The molecule has 3 N–H and O–H groups in total. The molecule has 0 fully saturated rings. The van der Waals surface area contributed by atoms with Gasteiger partial charge in [0.05, 0.1) is 15.5 Å². The molecule has 2 aromatic carbocycles. The summed E-state index contributed by atoms with van der Waals surface area (Å²) in [6.07, 6.45) is 0. The van der Waals surface area contributed by atoms with Crippen molar-refractivity contribution >= 4 is 38.9 Å². The van der Waals surface area contributed by atoms with Gasteiger partial charge in [0.1, 0.15) is 0 Å². The first kappa shape index (κ1) is 20.6. The Labute approximate surface area is 172 Å². The normalized spacial score (nSPS) is 11.0. The Kier molecular flexibility index (Phi) is 6.00. The number of anilines is 1. The summed E-state index contributed by atoms with van der Waals surface area (Å²) in [4.78, 5) is 24.5.